The molecular weight excluding hydrogens is 180 g/mol. The van der Waals surface area contributed by atoms with Crippen molar-refractivity contribution in [1.82, 2.24) is 0 Å². The third-order valence-electron chi connectivity index (χ3n) is 0.691. The molecule has 0 fully saturated rings. The molecule has 0 saturated heterocycles. The lowest BCUT2D eigenvalue weighted by atomic mass is 10.5. The second kappa shape index (κ2) is 17.3. The summed E-state index contributed by atoms with van der Waals surface area (Å²) in [4.78, 5) is 18.9. The van der Waals surface area contributed by atoms with E-state index in [4.69, 9.17) is 0 Å². The molecule has 80 valence electrons. The molecule has 14 heavy (non-hydrogen) atoms. The van der Waals surface area contributed by atoms with E-state index < -0.39 is 11.8 Å². The molecule has 0 atom stereocenters. The molecule has 0 aromatic rings. The monoisotopic (exact) mass is 198 g/mol. The van der Waals surface area contributed by atoms with Crippen LogP contribution in [0.3, 0.4) is 0 Å². The summed E-state index contributed by atoms with van der Waals surface area (Å²) in [7, 11) is 0. The average Bonchev–Trinajstić information content (AvgIpc) is 2.19. The van der Waals surface area contributed by atoms with Crippen molar-refractivity contribution in [3.05, 3.63) is 38.0 Å². The Morgan fingerprint density at radius 1 is 1.07 bits per heavy atom. The Hall–Kier alpha value is -1.84. The van der Waals surface area contributed by atoms with Crippen LogP contribution in [-0.2, 0) is 9.59 Å². The first-order valence-corrected chi connectivity index (χ1v) is 3.90. The number of allylic oxidation sites excluding steroid dienone is 1. The fourth-order valence-electron chi connectivity index (χ4n) is 0. The summed E-state index contributed by atoms with van der Waals surface area (Å²) in [5.74, 6) is -0.963. The smallest absolute Gasteiger partial charge is 0.240 e. The van der Waals surface area contributed by atoms with Gasteiger partial charge in [-0.2, -0.15) is 0 Å². The molecule has 0 rings (SSSR count). The van der Waals surface area contributed by atoms with Crippen LogP contribution in [0.2, 0.25) is 0 Å². The van der Waals surface area contributed by atoms with Gasteiger partial charge in [-0.25, -0.2) is 0 Å². The highest BCUT2D eigenvalue weighted by Gasteiger charge is 1.69. The zero-order valence-corrected chi connectivity index (χ0v) is 8.53. The lowest BCUT2D eigenvalue weighted by molar-refractivity contribution is -0.114. The van der Waals surface area contributed by atoms with Gasteiger partial charge < -0.3 is 11.5 Å². The third-order valence-corrected chi connectivity index (χ3v) is 0.691. The first kappa shape index (κ1) is 18.0. The molecule has 0 radical (unpaired) electrons. The minimum absolute atomic E-state index is 0.481. The van der Waals surface area contributed by atoms with Crippen molar-refractivity contribution in [1.29, 1.82) is 0 Å². The molecule has 0 aliphatic heterocycles. The van der Waals surface area contributed by atoms with Crippen molar-refractivity contribution < 1.29 is 9.59 Å². The Morgan fingerprint density at radius 2 is 1.21 bits per heavy atom. The molecule has 0 bridgehead atoms. The molecule has 0 saturated carbocycles. The fraction of sp³-hybridized carbons (Fsp3) is 0.200. The van der Waals surface area contributed by atoms with Crippen molar-refractivity contribution in [3.8, 4) is 0 Å². The summed E-state index contributed by atoms with van der Waals surface area (Å²) < 4.78 is 0. The predicted octanol–water partition coefficient (Wildman–Crippen LogP) is 0.898. The van der Waals surface area contributed by atoms with Crippen LogP contribution in [0, 0.1) is 0 Å². The highest BCUT2D eigenvalue weighted by Crippen LogP contribution is 1.66. The summed E-state index contributed by atoms with van der Waals surface area (Å²) in [6, 6.07) is 0. The van der Waals surface area contributed by atoms with Crippen molar-refractivity contribution >= 4 is 11.8 Å². The number of amides is 2. The number of carbonyl (C=O) groups is 2. The Kier molecular flexibility index (Phi) is 22.3. The van der Waals surface area contributed by atoms with Crippen LogP contribution in [0.5, 0.6) is 0 Å². The van der Waals surface area contributed by atoms with Gasteiger partial charge in [-0.3, -0.25) is 9.59 Å². The second-order valence-electron chi connectivity index (χ2n) is 1.91. The number of rotatable bonds is 3. The van der Waals surface area contributed by atoms with Gasteiger partial charge in [0.25, 0.3) is 0 Å². The molecular formula is C10H18N2O2. The first-order chi connectivity index (χ1) is 6.45. The average molecular weight is 198 g/mol. The van der Waals surface area contributed by atoms with Crippen LogP contribution in [0.4, 0.5) is 0 Å². The fourth-order valence-corrected chi connectivity index (χ4v) is 0. The number of hydrogen-bond acceptors (Lipinski definition) is 2. The van der Waals surface area contributed by atoms with Gasteiger partial charge in [0.1, 0.15) is 0 Å². The molecule has 0 heterocycles. The highest BCUT2D eigenvalue weighted by molar-refractivity contribution is 5.85. The van der Waals surface area contributed by atoms with E-state index in [2.05, 4.69) is 38.1 Å². The van der Waals surface area contributed by atoms with Crippen LogP contribution in [-0.4, -0.2) is 11.8 Å². The van der Waals surface area contributed by atoms with Gasteiger partial charge in [-0.15, -0.1) is 6.58 Å². The van der Waals surface area contributed by atoms with Gasteiger partial charge in [-0.1, -0.05) is 26.2 Å². The van der Waals surface area contributed by atoms with Crippen LogP contribution >= 0.6 is 0 Å². The minimum atomic E-state index is -0.481. The largest absolute Gasteiger partial charge is 0.366 e. The van der Waals surface area contributed by atoms with E-state index in [0.29, 0.717) is 0 Å². The summed E-state index contributed by atoms with van der Waals surface area (Å²) in [6.45, 7) is 11.7. The maximum absolute atomic E-state index is 9.47. The SMILES string of the molecule is C=CC(N)=O.C=CC(N)=O.C=CCC. The Morgan fingerprint density at radius 3 is 1.21 bits per heavy atom. The van der Waals surface area contributed by atoms with Gasteiger partial charge in [0.2, 0.25) is 11.8 Å². The summed E-state index contributed by atoms with van der Waals surface area (Å²) in [6.07, 6.45) is 5.07. The molecule has 0 aromatic heterocycles. The molecule has 0 aromatic carbocycles. The van der Waals surface area contributed by atoms with E-state index in [9.17, 15) is 9.59 Å². The zero-order chi connectivity index (χ0) is 12.0. The van der Waals surface area contributed by atoms with Gasteiger partial charge in [0, 0.05) is 0 Å². The van der Waals surface area contributed by atoms with Crippen molar-refractivity contribution in [2.45, 2.75) is 13.3 Å². The lowest BCUT2D eigenvalue weighted by Crippen LogP contribution is -2.04. The van der Waals surface area contributed by atoms with E-state index in [1.165, 1.54) is 0 Å². The van der Waals surface area contributed by atoms with Gasteiger partial charge in [-0.05, 0) is 18.6 Å². The quantitative estimate of drug-likeness (QED) is 0.521. The standard InChI is InChI=1S/C4H8.2C3H5NO/c1-3-4-2;2*1-2-3(4)5/h3H,1,4H2,2H3;2*2H,1H2,(H2,4,5). The van der Waals surface area contributed by atoms with Gasteiger partial charge in [0.05, 0.1) is 0 Å². The molecule has 4 N–H and O–H groups in total. The number of nitrogens with two attached hydrogens (primary N) is 2. The number of carbonyl (C=O) groups excluding carboxylic acids is 2. The Balaban J connectivity index is -0.000000131. The van der Waals surface area contributed by atoms with E-state index in [1.54, 1.807) is 0 Å². The zero-order valence-electron chi connectivity index (χ0n) is 8.53. The van der Waals surface area contributed by atoms with Gasteiger partial charge >= 0.3 is 0 Å². The van der Waals surface area contributed by atoms with Crippen LogP contribution in [0.15, 0.2) is 38.0 Å². The first-order valence-electron chi connectivity index (χ1n) is 3.90. The lowest BCUT2D eigenvalue weighted by Gasteiger charge is -1.65. The predicted molar refractivity (Wildman–Crippen MR) is 59.3 cm³/mol. The molecule has 4 nitrogen and oxygen atoms in total. The van der Waals surface area contributed by atoms with Gasteiger partial charge in [0.15, 0.2) is 0 Å². The maximum Gasteiger partial charge on any atom is 0.240 e. The van der Waals surface area contributed by atoms with E-state index in [0.717, 1.165) is 18.6 Å². The number of primary amides is 2. The minimum Gasteiger partial charge on any atom is -0.366 e. The second-order valence-corrected chi connectivity index (χ2v) is 1.91. The van der Waals surface area contributed by atoms with Crippen LogP contribution in [0.1, 0.15) is 13.3 Å². The molecule has 0 aliphatic carbocycles. The molecule has 0 aliphatic rings. The maximum atomic E-state index is 9.47. The van der Waals surface area contributed by atoms with Crippen LogP contribution < -0.4 is 11.5 Å². The van der Waals surface area contributed by atoms with E-state index in [1.807, 2.05) is 6.08 Å². The van der Waals surface area contributed by atoms with E-state index >= 15 is 0 Å². The normalized spacial score (nSPS) is 6.36. The summed E-state index contributed by atoms with van der Waals surface area (Å²) in [5.41, 5.74) is 9.07. The van der Waals surface area contributed by atoms with Crippen molar-refractivity contribution in [3.63, 3.8) is 0 Å². The highest BCUT2D eigenvalue weighted by atomic mass is 16.1. The molecule has 2 amide bonds. The summed E-state index contributed by atoms with van der Waals surface area (Å²) >= 11 is 0. The number of hydrogen-bond donors (Lipinski definition) is 2. The molecule has 0 spiro atoms. The summed E-state index contributed by atoms with van der Waals surface area (Å²) in [5, 5.41) is 0. The molecule has 0 unspecified atom stereocenters. The third kappa shape index (κ3) is 85.4. The van der Waals surface area contributed by atoms with Crippen molar-refractivity contribution in [2.75, 3.05) is 0 Å². The van der Waals surface area contributed by atoms with Crippen molar-refractivity contribution in [2.24, 2.45) is 11.5 Å². The van der Waals surface area contributed by atoms with Crippen LogP contribution in [0.25, 0.3) is 0 Å². The Bertz CT molecular complexity index is 180. The Labute approximate surface area is 85.0 Å². The molecule has 4 heteroatoms. The topological polar surface area (TPSA) is 86.2 Å². The van der Waals surface area contributed by atoms with E-state index in [-0.39, 0.29) is 0 Å².